The van der Waals surface area contributed by atoms with Gasteiger partial charge < -0.3 is 10.1 Å². The minimum absolute atomic E-state index is 0.258. The molecule has 0 bridgehead atoms. The van der Waals surface area contributed by atoms with Crippen molar-refractivity contribution in [2.45, 2.75) is 31.3 Å². The summed E-state index contributed by atoms with van der Waals surface area (Å²) < 4.78 is 5.35. The van der Waals surface area contributed by atoms with Crippen LogP contribution < -0.4 is 5.32 Å². The van der Waals surface area contributed by atoms with Gasteiger partial charge in [-0.3, -0.25) is 0 Å². The Bertz CT molecular complexity index is 438. The molecule has 4 heteroatoms. The van der Waals surface area contributed by atoms with E-state index < -0.39 is 5.60 Å². The molecule has 3 nitrogen and oxygen atoms in total. The third kappa shape index (κ3) is 3.16. The van der Waals surface area contributed by atoms with E-state index in [4.69, 9.17) is 4.74 Å². The zero-order valence-electron chi connectivity index (χ0n) is 10.4. The van der Waals surface area contributed by atoms with Gasteiger partial charge in [0.15, 0.2) is 0 Å². The van der Waals surface area contributed by atoms with Crippen molar-refractivity contribution < 1.29 is 9.53 Å². The van der Waals surface area contributed by atoms with Crippen LogP contribution in [0.25, 0.3) is 0 Å². The number of carbonyl (C=O) groups excluding carboxylic acids is 1. The molecule has 0 amide bonds. The first kappa shape index (κ1) is 12.3. The molecule has 1 aliphatic heterocycles. The Morgan fingerprint density at radius 3 is 2.88 bits per heavy atom. The van der Waals surface area contributed by atoms with E-state index in [0.717, 1.165) is 22.9 Å². The van der Waals surface area contributed by atoms with Gasteiger partial charge in [0.25, 0.3) is 0 Å². The summed E-state index contributed by atoms with van der Waals surface area (Å²) in [5, 5.41) is 3.30. The highest BCUT2D eigenvalue weighted by Gasteiger charge is 2.19. The Morgan fingerprint density at radius 2 is 2.18 bits per heavy atom. The molecular weight excluding hydrogens is 234 g/mol. The average Bonchev–Trinajstić information content (AvgIpc) is 2.26. The number of esters is 1. The van der Waals surface area contributed by atoms with Crippen LogP contribution in [0.2, 0.25) is 0 Å². The second-order valence-corrected chi connectivity index (χ2v) is 6.12. The van der Waals surface area contributed by atoms with E-state index >= 15 is 0 Å². The van der Waals surface area contributed by atoms with Crippen molar-refractivity contribution in [2.24, 2.45) is 0 Å². The number of benzene rings is 1. The highest BCUT2D eigenvalue weighted by atomic mass is 32.2. The highest BCUT2D eigenvalue weighted by Crippen LogP contribution is 2.31. The molecule has 1 heterocycles. The molecular formula is C13H17NO2S. The van der Waals surface area contributed by atoms with Gasteiger partial charge in [-0.1, -0.05) is 0 Å². The molecule has 0 unspecified atom stereocenters. The molecule has 0 saturated heterocycles. The molecule has 1 N–H and O–H groups in total. The predicted molar refractivity (Wildman–Crippen MR) is 70.8 cm³/mol. The first-order chi connectivity index (χ1) is 7.96. The lowest BCUT2D eigenvalue weighted by molar-refractivity contribution is 0.00693. The SMILES string of the molecule is CC(C)(C)OC(=O)c1ccc2c(c1)SCCN2. The first-order valence-electron chi connectivity index (χ1n) is 5.70. The van der Waals surface area contributed by atoms with Gasteiger partial charge in [0.2, 0.25) is 0 Å². The quantitative estimate of drug-likeness (QED) is 0.778. The largest absolute Gasteiger partial charge is 0.456 e. The summed E-state index contributed by atoms with van der Waals surface area (Å²) in [6.45, 7) is 6.60. The maximum Gasteiger partial charge on any atom is 0.338 e. The van der Waals surface area contributed by atoms with Crippen LogP contribution in [0.4, 0.5) is 5.69 Å². The molecule has 0 radical (unpaired) electrons. The lowest BCUT2D eigenvalue weighted by Crippen LogP contribution is -2.24. The van der Waals surface area contributed by atoms with Crippen LogP contribution in [0.15, 0.2) is 23.1 Å². The van der Waals surface area contributed by atoms with E-state index in [9.17, 15) is 4.79 Å². The number of anilines is 1. The van der Waals surface area contributed by atoms with E-state index in [-0.39, 0.29) is 5.97 Å². The van der Waals surface area contributed by atoms with Crippen LogP contribution in [0.1, 0.15) is 31.1 Å². The Morgan fingerprint density at radius 1 is 1.41 bits per heavy atom. The maximum absolute atomic E-state index is 11.9. The normalized spacial score (nSPS) is 14.8. The monoisotopic (exact) mass is 251 g/mol. The summed E-state index contributed by atoms with van der Waals surface area (Å²) in [4.78, 5) is 13.0. The molecule has 0 fully saturated rings. The van der Waals surface area contributed by atoms with Gasteiger partial charge in [0, 0.05) is 22.9 Å². The highest BCUT2D eigenvalue weighted by molar-refractivity contribution is 7.99. The predicted octanol–water partition coefficient (Wildman–Crippen LogP) is 3.16. The van der Waals surface area contributed by atoms with Crippen LogP contribution in [0.3, 0.4) is 0 Å². The topological polar surface area (TPSA) is 38.3 Å². The number of rotatable bonds is 1. The summed E-state index contributed by atoms with van der Waals surface area (Å²) in [6, 6.07) is 5.66. The van der Waals surface area contributed by atoms with Crippen molar-refractivity contribution in [3.63, 3.8) is 0 Å². The van der Waals surface area contributed by atoms with Gasteiger partial charge in [0.1, 0.15) is 5.60 Å². The summed E-state index contributed by atoms with van der Waals surface area (Å²) in [5.41, 5.74) is 1.28. The number of ether oxygens (including phenoxy) is 1. The third-order valence-corrected chi connectivity index (χ3v) is 3.35. The smallest absolute Gasteiger partial charge is 0.338 e. The second-order valence-electron chi connectivity index (χ2n) is 4.99. The molecule has 2 rings (SSSR count). The molecule has 17 heavy (non-hydrogen) atoms. The summed E-state index contributed by atoms with van der Waals surface area (Å²) in [6.07, 6.45) is 0. The van der Waals surface area contributed by atoms with Crippen LogP contribution in [0.5, 0.6) is 0 Å². The van der Waals surface area contributed by atoms with E-state index in [2.05, 4.69) is 5.32 Å². The van der Waals surface area contributed by atoms with Crippen LogP contribution in [-0.4, -0.2) is 23.9 Å². The minimum Gasteiger partial charge on any atom is -0.456 e. The van der Waals surface area contributed by atoms with Gasteiger partial charge in [-0.25, -0.2) is 4.79 Å². The number of carbonyl (C=O) groups is 1. The molecule has 1 aromatic carbocycles. The first-order valence-corrected chi connectivity index (χ1v) is 6.68. The van der Waals surface area contributed by atoms with E-state index in [1.54, 1.807) is 11.8 Å². The maximum atomic E-state index is 11.9. The molecule has 92 valence electrons. The van der Waals surface area contributed by atoms with Gasteiger partial charge >= 0.3 is 5.97 Å². The van der Waals surface area contributed by atoms with E-state index in [0.29, 0.717) is 5.56 Å². The van der Waals surface area contributed by atoms with E-state index in [1.807, 2.05) is 39.0 Å². The minimum atomic E-state index is -0.446. The van der Waals surface area contributed by atoms with Gasteiger partial charge in [0.05, 0.1) is 5.56 Å². The molecule has 0 spiro atoms. The zero-order valence-corrected chi connectivity index (χ0v) is 11.2. The van der Waals surface area contributed by atoms with Crippen LogP contribution >= 0.6 is 11.8 Å². The molecule has 1 aromatic rings. The number of nitrogens with one attached hydrogen (secondary N) is 1. The van der Waals surface area contributed by atoms with Crippen molar-refractivity contribution in [1.29, 1.82) is 0 Å². The van der Waals surface area contributed by atoms with Crippen molar-refractivity contribution >= 4 is 23.4 Å². The Balaban J connectivity index is 2.19. The lowest BCUT2D eigenvalue weighted by Gasteiger charge is -2.21. The average molecular weight is 251 g/mol. The number of hydrogen-bond acceptors (Lipinski definition) is 4. The Labute approximate surface area is 106 Å². The van der Waals surface area contributed by atoms with Crippen molar-refractivity contribution in [1.82, 2.24) is 0 Å². The fourth-order valence-corrected chi connectivity index (χ4v) is 2.53. The number of thioether (sulfide) groups is 1. The molecule has 0 aliphatic carbocycles. The Hall–Kier alpha value is -1.16. The van der Waals surface area contributed by atoms with Gasteiger partial charge in [-0.2, -0.15) is 0 Å². The molecule has 1 aliphatic rings. The molecule has 0 saturated carbocycles. The van der Waals surface area contributed by atoms with Crippen LogP contribution in [0, 0.1) is 0 Å². The molecule has 0 atom stereocenters. The number of fused-ring (bicyclic) bond motifs is 1. The zero-order chi connectivity index (χ0) is 12.5. The van der Waals surface area contributed by atoms with Crippen molar-refractivity contribution in [3.8, 4) is 0 Å². The van der Waals surface area contributed by atoms with Crippen molar-refractivity contribution in [3.05, 3.63) is 23.8 Å². The number of hydrogen-bond donors (Lipinski definition) is 1. The second kappa shape index (κ2) is 4.61. The fraction of sp³-hybridized carbons (Fsp3) is 0.462. The van der Waals surface area contributed by atoms with Gasteiger partial charge in [-0.05, 0) is 39.0 Å². The van der Waals surface area contributed by atoms with Crippen LogP contribution in [-0.2, 0) is 4.74 Å². The fourth-order valence-electron chi connectivity index (χ4n) is 1.60. The summed E-state index contributed by atoms with van der Waals surface area (Å²) in [7, 11) is 0. The standard InChI is InChI=1S/C13H17NO2S/c1-13(2,3)16-12(15)9-4-5-10-11(8-9)17-7-6-14-10/h4-5,8,14H,6-7H2,1-3H3. The lowest BCUT2D eigenvalue weighted by atomic mass is 10.1. The van der Waals surface area contributed by atoms with Gasteiger partial charge in [-0.15, -0.1) is 11.8 Å². The van der Waals surface area contributed by atoms with Crippen molar-refractivity contribution in [2.75, 3.05) is 17.6 Å². The molecule has 0 aromatic heterocycles. The summed E-state index contributed by atoms with van der Waals surface area (Å²) in [5.74, 6) is 0.775. The Kier molecular flexibility index (Phi) is 3.33. The van der Waals surface area contributed by atoms with E-state index in [1.165, 1.54) is 0 Å². The summed E-state index contributed by atoms with van der Waals surface area (Å²) >= 11 is 1.77. The third-order valence-electron chi connectivity index (χ3n) is 2.29.